The van der Waals surface area contributed by atoms with Crippen molar-refractivity contribution in [1.82, 2.24) is 15.3 Å². The lowest BCUT2D eigenvalue weighted by Crippen LogP contribution is -2.14. The Morgan fingerprint density at radius 1 is 1.32 bits per heavy atom. The van der Waals surface area contributed by atoms with Crippen molar-refractivity contribution < 1.29 is 0 Å². The van der Waals surface area contributed by atoms with Crippen LogP contribution in [0.2, 0.25) is 5.02 Å². The molecule has 5 heteroatoms. The smallest absolute Gasteiger partial charge is 0.125 e. The molecule has 2 rings (SSSR count). The zero-order valence-corrected chi connectivity index (χ0v) is 11.3. The molecule has 0 amide bonds. The Morgan fingerprint density at radius 3 is 2.84 bits per heavy atom. The van der Waals surface area contributed by atoms with Gasteiger partial charge in [-0.3, -0.25) is 0 Å². The van der Waals surface area contributed by atoms with E-state index in [1.54, 1.807) is 18.3 Å². The van der Waals surface area contributed by atoms with Crippen molar-refractivity contribution >= 4 is 11.6 Å². The summed E-state index contributed by atoms with van der Waals surface area (Å²) in [6.45, 7) is 3.15. The standard InChI is InChI=1S/C14H13ClN4/c1-10-18-5-4-13(19-10)9-17-8-12-3-2-11(7-16)6-14(12)15/h2-6,17H,8-9H2,1H3. The first-order valence-corrected chi connectivity index (χ1v) is 6.24. The molecule has 0 bridgehead atoms. The summed E-state index contributed by atoms with van der Waals surface area (Å²) in [5.74, 6) is 0.760. The molecule has 1 aromatic carbocycles. The fourth-order valence-corrected chi connectivity index (χ4v) is 1.94. The van der Waals surface area contributed by atoms with E-state index in [4.69, 9.17) is 16.9 Å². The van der Waals surface area contributed by atoms with Gasteiger partial charge >= 0.3 is 0 Å². The summed E-state index contributed by atoms with van der Waals surface area (Å²) in [6.07, 6.45) is 1.74. The molecule has 19 heavy (non-hydrogen) atoms. The van der Waals surface area contributed by atoms with Crippen LogP contribution in [0, 0.1) is 18.3 Å². The van der Waals surface area contributed by atoms with E-state index in [-0.39, 0.29) is 0 Å². The second kappa shape index (κ2) is 6.28. The highest BCUT2D eigenvalue weighted by molar-refractivity contribution is 6.31. The van der Waals surface area contributed by atoms with Crippen LogP contribution in [0.4, 0.5) is 0 Å². The average molecular weight is 273 g/mol. The normalized spacial score (nSPS) is 10.2. The molecule has 0 spiro atoms. The number of benzene rings is 1. The second-order valence-corrected chi connectivity index (χ2v) is 4.52. The maximum Gasteiger partial charge on any atom is 0.125 e. The Labute approximate surface area is 117 Å². The zero-order valence-electron chi connectivity index (χ0n) is 10.5. The molecule has 0 aliphatic heterocycles. The van der Waals surface area contributed by atoms with E-state index in [0.29, 0.717) is 23.7 Å². The minimum Gasteiger partial charge on any atom is -0.307 e. The second-order valence-electron chi connectivity index (χ2n) is 4.12. The molecule has 0 atom stereocenters. The number of hydrogen-bond acceptors (Lipinski definition) is 4. The first-order valence-electron chi connectivity index (χ1n) is 5.87. The molecule has 1 N–H and O–H groups in total. The number of hydrogen-bond donors (Lipinski definition) is 1. The van der Waals surface area contributed by atoms with E-state index in [0.717, 1.165) is 17.1 Å². The largest absolute Gasteiger partial charge is 0.307 e. The number of halogens is 1. The Kier molecular flexibility index (Phi) is 4.45. The van der Waals surface area contributed by atoms with Gasteiger partial charge in [-0.05, 0) is 30.7 Å². The van der Waals surface area contributed by atoms with Crippen LogP contribution in [0.1, 0.15) is 22.6 Å². The van der Waals surface area contributed by atoms with Crippen LogP contribution in [0.15, 0.2) is 30.5 Å². The molecular formula is C14H13ClN4. The van der Waals surface area contributed by atoms with Crippen molar-refractivity contribution in [3.8, 4) is 6.07 Å². The molecule has 0 unspecified atom stereocenters. The monoisotopic (exact) mass is 272 g/mol. The molecule has 0 aliphatic carbocycles. The fourth-order valence-electron chi connectivity index (χ4n) is 1.69. The van der Waals surface area contributed by atoms with Gasteiger partial charge in [0, 0.05) is 24.3 Å². The first kappa shape index (κ1) is 13.5. The molecule has 96 valence electrons. The quantitative estimate of drug-likeness (QED) is 0.929. The van der Waals surface area contributed by atoms with Crippen LogP contribution in [0.5, 0.6) is 0 Å². The zero-order chi connectivity index (χ0) is 13.7. The summed E-state index contributed by atoms with van der Waals surface area (Å²) in [5.41, 5.74) is 2.48. The number of nitrogens with one attached hydrogen (secondary N) is 1. The Balaban J connectivity index is 1.94. The van der Waals surface area contributed by atoms with Gasteiger partial charge in [-0.15, -0.1) is 0 Å². The molecule has 0 saturated heterocycles. The van der Waals surface area contributed by atoms with Gasteiger partial charge in [-0.1, -0.05) is 17.7 Å². The van der Waals surface area contributed by atoms with Gasteiger partial charge in [0.15, 0.2) is 0 Å². The van der Waals surface area contributed by atoms with Gasteiger partial charge in [-0.25, -0.2) is 9.97 Å². The first-order chi connectivity index (χ1) is 9.19. The van der Waals surface area contributed by atoms with Crippen molar-refractivity contribution in [2.45, 2.75) is 20.0 Å². The third kappa shape index (κ3) is 3.75. The molecule has 1 heterocycles. The molecule has 0 saturated carbocycles. The minimum absolute atomic E-state index is 0.570. The topological polar surface area (TPSA) is 61.6 Å². The third-order valence-corrected chi connectivity index (χ3v) is 2.99. The van der Waals surface area contributed by atoms with Crippen LogP contribution in [-0.4, -0.2) is 9.97 Å². The van der Waals surface area contributed by atoms with E-state index >= 15 is 0 Å². The summed E-state index contributed by atoms with van der Waals surface area (Å²) in [5, 5.41) is 12.6. The fraction of sp³-hybridized carbons (Fsp3) is 0.214. The van der Waals surface area contributed by atoms with Crippen LogP contribution in [0.3, 0.4) is 0 Å². The molecular weight excluding hydrogens is 260 g/mol. The van der Waals surface area contributed by atoms with Crippen LogP contribution in [0.25, 0.3) is 0 Å². The molecule has 4 nitrogen and oxygen atoms in total. The van der Waals surface area contributed by atoms with Crippen molar-refractivity contribution in [2.24, 2.45) is 0 Å². The Morgan fingerprint density at radius 2 is 2.16 bits per heavy atom. The maximum atomic E-state index is 8.77. The molecule has 0 aliphatic rings. The van der Waals surface area contributed by atoms with E-state index in [2.05, 4.69) is 21.4 Å². The molecule has 0 fully saturated rings. The summed E-state index contributed by atoms with van der Waals surface area (Å²) in [6, 6.07) is 9.23. The summed E-state index contributed by atoms with van der Waals surface area (Å²) in [4.78, 5) is 8.35. The van der Waals surface area contributed by atoms with Gasteiger partial charge in [-0.2, -0.15) is 5.26 Å². The summed E-state index contributed by atoms with van der Waals surface area (Å²) >= 11 is 6.10. The Bertz CT molecular complexity index is 619. The highest BCUT2D eigenvalue weighted by Gasteiger charge is 2.02. The van der Waals surface area contributed by atoms with E-state index in [1.807, 2.05) is 19.1 Å². The van der Waals surface area contributed by atoms with Gasteiger partial charge in [0.05, 0.1) is 17.3 Å². The predicted molar refractivity (Wildman–Crippen MR) is 73.5 cm³/mol. The van der Waals surface area contributed by atoms with Crippen LogP contribution in [-0.2, 0) is 13.1 Å². The minimum atomic E-state index is 0.570. The number of aromatic nitrogens is 2. The molecule has 1 aromatic heterocycles. The average Bonchev–Trinajstić information content (AvgIpc) is 2.40. The van der Waals surface area contributed by atoms with Crippen LogP contribution < -0.4 is 5.32 Å². The molecule has 0 radical (unpaired) electrons. The number of aryl methyl sites for hydroxylation is 1. The number of nitriles is 1. The third-order valence-electron chi connectivity index (χ3n) is 2.64. The lowest BCUT2D eigenvalue weighted by Gasteiger charge is -2.07. The number of rotatable bonds is 4. The lowest BCUT2D eigenvalue weighted by molar-refractivity contribution is 0.675. The molecule has 2 aromatic rings. The van der Waals surface area contributed by atoms with Gasteiger partial charge in [0.1, 0.15) is 5.82 Å². The SMILES string of the molecule is Cc1nccc(CNCc2ccc(C#N)cc2Cl)n1. The highest BCUT2D eigenvalue weighted by Crippen LogP contribution is 2.17. The van der Waals surface area contributed by atoms with Crippen molar-refractivity contribution in [3.63, 3.8) is 0 Å². The van der Waals surface area contributed by atoms with Crippen LogP contribution >= 0.6 is 11.6 Å². The van der Waals surface area contributed by atoms with Crippen molar-refractivity contribution in [1.29, 1.82) is 5.26 Å². The van der Waals surface area contributed by atoms with Gasteiger partial charge in [0.25, 0.3) is 0 Å². The van der Waals surface area contributed by atoms with Crippen molar-refractivity contribution in [3.05, 3.63) is 58.1 Å². The summed E-state index contributed by atoms with van der Waals surface area (Å²) in [7, 11) is 0. The van der Waals surface area contributed by atoms with Crippen molar-refractivity contribution in [2.75, 3.05) is 0 Å². The van der Waals surface area contributed by atoms with E-state index in [9.17, 15) is 0 Å². The van der Waals surface area contributed by atoms with E-state index in [1.165, 1.54) is 0 Å². The lowest BCUT2D eigenvalue weighted by atomic mass is 10.1. The highest BCUT2D eigenvalue weighted by atomic mass is 35.5. The maximum absolute atomic E-state index is 8.77. The Hall–Kier alpha value is -1.96. The van der Waals surface area contributed by atoms with Gasteiger partial charge in [0.2, 0.25) is 0 Å². The predicted octanol–water partition coefficient (Wildman–Crippen LogP) is 2.60. The number of nitrogens with zero attached hydrogens (tertiary/aromatic N) is 3. The van der Waals surface area contributed by atoms with E-state index < -0.39 is 0 Å². The summed E-state index contributed by atoms with van der Waals surface area (Å²) < 4.78 is 0. The van der Waals surface area contributed by atoms with Gasteiger partial charge < -0.3 is 5.32 Å².